The number of nitrogens with zero attached hydrogens (tertiary/aromatic N) is 2. The zero-order valence-electron chi connectivity index (χ0n) is 6.45. The van der Waals surface area contributed by atoms with Crippen molar-refractivity contribution in [1.29, 1.82) is 0 Å². The Balaban J connectivity index is 3.41. The Kier molecular flexibility index (Phi) is 2.54. The van der Waals surface area contributed by atoms with Crippen molar-refractivity contribution in [2.24, 2.45) is 0 Å². The number of rotatable bonds is 2. The molecule has 0 saturated heterocycles. The Morgan fingerprint density at radius 1 is 1.57 bits per heavy atom. The van der Waals surface area contributed by atoms with Crippen LogP contribution in [0.25, 0.3) is 0 Å². The topological polar surface area (TPSA) is 76.3 Å². The van der Waals surface area contributed by atoms with Crippen molar-refractivity contribution in [2.75, 3.05) is 0 Å². The third kappa shape index (κ3) is 1.58. The molecule has 1 rings (SSSR count). The van der Waals surface area contributed by atoms with Crippen LogP contribution in [0.4, 0.5) is 18.9 Å². The molecule has 0 unspecified atom stereocenters. The van der Waals surface area contributed by atoms with Crippen molar-refractivity contribution < 1.29 is 23.2 Å². The minimum absolute atomic E-state index is 0.263. The van der Waals surface area contributed by atoms with E-state index in [9.17, 15) is 23.3 Å². The number of aromatic hydroxyl groups is 1. The predicted molar refractivity (Wildman–Crippen MR) is 37.5 cm³/mol. The molecule has 1 N–H and O–H groups in total. The monoisotopic (exact) mass is 208 g/mol. The molecule has 0 radical (unpaired) electrons. The van der Waals surface area contributed by atoms with E-state index in [2.05, 4.69) is 4.98 Å². The van der Waals surface area contributed by atoms with E-state index in [1.807, 2.05) is 0 Å². The first-order valence-corrected chi connectivity index (χ1v) is 3.25. The van der Waals surface area contributed by atoms with Crippen molar-refractivity contribution in [2.45, 2.75) is 6.43 Å². The van der Waals surface area contributed by atoms with Gasteiger partial charge in [0.2, 0.25) is 11.6 Å². The molecule has 5 nitrogen and oxygen atoms in total. The smallest absolute Gasteiger partial charge is 0.349 e. The van der Waals surface area contributed by atoms with E-state index in [1.54, 1.807) is 0 Å². The van der Waals surface area contributed by atoms with Gasteiger partial charge in [0.25, 0.3) is 6.43 Å². The van der Waals surface area contributed by atoms with Crippen LogP contribution in [0.5, 0.6) is 5.75 Å². The highest BCUT2D eigenvalue weighted by Crippen LogP contribution is 2.35. The van der Waals surface area contributed by atoms with Crippen molar-refractivity contribution >= 4 is 5.69 Å². The van der Waals surface area contributed by atoms with Gasteiger partial charge >= 0.3 is 5.69 Å². The summed E-state index contributed by atoms with van der Waals surface area (Å²) in [5.74, 6) is -2.90. The van der Waals surface area contributed by atoms with Crippen molar-refractivity contribution in [3.8, 4) is 5.75 Å². The molecule has 0 amide bonds. The molecule has 1 heterocycles. The summed E-state index contributed by atoms with van der Waals surface area (Å²) in [6, 6.07) is 0. The highest BCUT2D eigenvalue weighted by Gasteiger charge is 2.28. The third-order valence-electron chi connectivity index (χ3n) is 1.40. The van der Waals surface area contributed by atoms with Crippen LogP contribution in [0.3, 0.4) is 0 Å². The molecule has 0 bridgehead atoms. The maximum absolute atomic E-state index is 12.6. The SMILES string of the molecule is O=[N+]([O-])c1c(F)cnc(C(F)F)c1O. The first-order valence-electron chi connectivity index (χ1n) is 3.25. The van der Waals surface area contributed by atoms with Crippen LogP contribution in [0.2, 0.25) is 0 Å². The van der Waals surface area contributed by atoms with Gasteiger partial charge in [-0.3, -0.25) is 10.1 Å². The summed E-state index contributed by atoms with van der Waals surface area (Å²) in [7, 11) is 0. The molecule has 0 aliphatic carbocycles. The lowest BCUT2D eigenvalue weighted by Gasteiger charge is -2.02. The fourth-order valence-electron chi connectivity index (χ4n) is 0.816. The number of aromatic nitrogens is 1. The maximum Gasteiger partial charge on any atom is 0.349 e. The zero-order chi connectivity index (χ0) is 10.9. The van der Waals surface area contributed by atoms with Gasteiger partial charge in [0, 0.05) is 0 Å². The van der Waals surface area contributed by atoms with E-state index in [4.69, 9.17) is 5.11 Å². The zero-order valence-corrected chi connectivity index (χ0v) is 6.45. The van der Waals surface area contributed by atoms with Crippen LogP contribution in [-0.2, 0) is 0 Å². The molecular formula is C6H3F3N2O3. The molecule has 0 atom stereocenters. The predicted octanol–water partition coefficient (Wildman–Crippen LogP) is 1.77. The molecule has 0 spiro atoms. The quantitative estimate of drug-likeness (QED) is 0.593. The minimum atomic E-state index is -3.20. The normalized spacial score (nSPS) is 10.6. The molecule has 0 aliphatic heterocycles. The summed E-state index contributed by atoms with van der Waals surface area (Å²) >= 11 is 0. The summed E-state index contributed by atoms with van der Waals surface area (Å²) in [6.07, 6.45) is -2.94. The highest BCUT2D eigenvalue weighted by molar-refractivity contribution is 5.48. The maximum atomic E-state index is 12.6. The van der Waals surface area contributed by atoms with E-state index in [0.29, 0.717) is 0 Å². The van der Waals surface area contributed by atoms with Crippen LogP contribution >= 0.6 is 0 Å². The second kappa shape index (κ2) is 3.48. The Morgan fingerprint density at radius 2 is 2.14 bits per heavy atom. The van der Waals surface area contributed by atoms with E-state index < -0.39 is 34.3 Å². The van der Waals surface area contributed by atoms with Gasteiger partial charge in [0.1, 0.15) is 0 Å². The van der Waals surface area contributed by atoms with Crippen LogP contribution in [0, 0.1) is 15.9 Å². The molecule has 0 aromatic carbocycles. The minimum Gasteiger partial charge on any atom is -0.501 e. The Labute approximate surface area is 75.0 Å². The lowest BCUT2D eigenvalue weighted by Crippen LogP contribution is -1.99. The van der Waals surface area contributed by atoms with Gasteiger partial charge in [-0.1, -0.05) is 0 Å². The molecular weight excluding hydrogens is 205 g/mol. The Morgan fingerprint density at radius 3 is 2.57 bits per heavy atom. The van der Waals surface area contributed by atoms with E-state index in [1.165, 1.54) is 0 Å². The Bertz CT molecular complexity index is 383. The highest BCUT2D eigenvalue weighted by atomic mass is 19.3. The van der Waals surface area contributed by atoms with Crippen molar-refractivity contribution in [3.05, 3.63) is 27.8 Å². The van der Waals surface area contributed by atoms with Gasteiger partial charge in [-0.05, 0) is 0 Å². The summed E-state index contributed by atoms with van der Waals surface area (Å²) in [6.45, 7) is 0. The third-order valence-corrected chi connectivity index (χ3v) is 1.40. The Hall–Kier alpha value is -1.86. The van der Waals surface area contributed by atoms with Crippen molar-refractivity contribution in [3.63, 3.8) is 0 Å². The lowest BCUT2D eigenvalue weighted by atomic mass is 10.3. The first-order chi connectivity index (χ1) is 6.45. The van der Waals surface area contributed by atoms with Crippen LogP contribution in [0.1, 0.15) is 12.1 Å². The summed E-state index contributed by atoms with van der Waals surface area (Å²) in [5.41, 5.74) is -2.60. The standard InChI is InChI=1S/C6H3F3N2O3/c7-2-1-10-3(6(8)9)5(12)4(2)11(13)14/h1,6,12H. The molecule has 8 heteroatoms. The largest absolute Gasteiger partial charge is 0.501 e. The summed E-state index contributed by atoms with van der Waals surface area (Å²) < 4.78 is 36.7. The fourth-order valence-corrected chi connectivity index (χ4v) is 0.816. The number of nitro groups is 1. The summed E-state index contributed by atoms with van der Waals surface area (Å²) in [5, 5.41) is 19.0. The van der Waals surface area contributed by atoms with E-state index >= 15 is 0 Å². The number of hydrogen-bond acceptors (Lipinski definition) is 4. The second-order valence-corrected chi connectivity index (χ2v) is 2.25. The molecule has 0 aliphatic rings. The van der Waals surface area contributed by atoms with Gasteiger partial charge in [-0.2, -0.15) is 4.39 Å². The lowest BCUT2D eigenvalue weighted by molar-refractivity contribution is -0.388. The van der Waals surface area contributed by atoms with Gasteiger partial charge in [0.15, 0.2) is 5.69 Å². The average molecular weight is 208 g/mol. The number of halogens is 3. The van der Waals surface area contributed by atoms with Crippen LogP contribution in [-0.4, -0.2) is 15.0 Å². The van der Waals surface area contributed by atoms with Gasteiger partial charge in [-0.25, -0.2) is 13.8 Å². The van der Waals surface area contributed by atoms with Crippen LogP contribution in [0.15, 0.2) is 6.20 Å². The van der Waals surface area contributed by atoms with Gasteiger partial charge < -0.3 is 5.11 Å². The average Bonchev–Trinajstić information content (AvgIpc) is 2.02. The molecule has 0 fully saturated rings. The molecule has 76 valence electrons. The van der Waals surface area contributed by atoms with E-state index in [0.717, 1.165) is 0 Å². The number of alkyl halides is 2. The van der Waals surface area contributed by atoms with Crippen LogP contribution < -0.4 is 0 Å². The first kappa shape index (κ1) is 10.2. The van der Waals surface area contributed by atoms with Gasteiger partial charge in [-0.15, -0.1) is 0 Å². The second-order valence-electron chi connectivity index (χ2n) is 2.25. The van der Waals surface area contributed by atoms with E-state index in [-0.39, 0.29) is 6.20 Å². The molecule has 0 saturated carbocycles. The number of pyridine rings is 1. The molecule has 14 heavy (non-hydrogen) atoms. The number of hydrogen-bond donors (Lipinski definition) is 1. The van der Waals surface area contributed by atoms with Gasteiger partial charge in [0.05, 0.1) is 11.1 Å². The molecule has 1 aromatic heterocycles. The molecule has 1 aromatic rings. The fraction of sp³-hybridized carbons (Fsp3) is 0.167. The van der Waals surface area contributed by atoms with Crippen molar-refractivity contribution in [1.82, 2.24) is 4.98 Å². The summed E-state index contributed by atoms with van der Waals surface area (Å²) in [4.78, 5) is 11.7.